The van der Waals surface area contributed by atoms with Crippen LogP contribution in [-0.2, 0) is 0 Å². The molecule has 1 fully saturated rings. The van der Waals surface area contributed by atoms with E-state index >= 15 is 0 Å². The Morgan fingerprint density at radius 2 is 2.12 bits per heavy atom. The van der Waals surface area contributed by atoms with Crippen LogP contribution in [0.2, 0.25) is 0 Å². The average Bonchev–Trinajstić information content (AvgIpc) is 2.91. The summed E-state index contributed by atoms with van der Waals surface area (Å²) in [5.41, 5.74) is 0. The van der Waals surface area contributed by atoms with Gasteiger partial charge in [-0.25, -0.2) is 4.79 Å². The Labute approximate surface area is 103 Å². The first-order valence-corrected chi connectivity index (χ1v) is 6.51. The summed E-state index contributed by atoms with van der Waals surface area (Å²) >= 11 is 0. The van der Waals surface area contributed by atoms with Crippen LogP contribution in [0.25, 0.3) is 0 Å². The minimum Gasteiger partial charge on any atom is -0.393 e. The number of carbonyl (C=O) groups is 1. The number of nitrogens with one attached hydrogen (secondary N) is 1. The molecule has 0 heterocycles. The second-order valence-corrected chi connectivity index (χ2v) is 5.23. The molecule has 4 heteroatoms. The van der Waals surface area contributed by atoms with Gasteiger partial charge in [0.05, 0.1) is 6.10 Å². The van der Waals surface area contributed by atoms with Crippen LogP contribution >= 0.6 is 0 Å². The van der Waals surface area contributed by atoms with Gasteiger partial charge < -0.3 is 15.3 Å². The Hall–Kier alpha value is -1.03. The number of rotatable bonds is 3. The monoisotopic (exact) mass is 238 g/mol. The van der Waals surface area contributed by atoms with Crippen LogP contribution in [0.15, 0.2) is 12.2 Å². The molecule has 2 rings (SSSR count). The van der Waals surface area contributed by atoms with Crippen molar-refractivity contribution in [2.45, 2.75) is 44.2 Å². The van der Waals surface area contributed by atoms with Gasteiger partial charge in [0.2, 0.25) is 0 Å². The maximum Gasteiger partial charge on any atom is 0.317 e. The van der Waals surface area contributed by atoms with Crippen LogP contribution in [-0.4, -0.2) is 41.8 Å². The molecule has 0 aliphatic heterocycles. The van der Waals surface area contributed by atoms with Crippen LogP contribution in [0.4, 0.5) is 4.79 Å². The van der Waals surface area contributed by atoms with Crippen molar-refractivity contribution in [2.75, 3.05) is 13.6 Å². The molecule has 0 bridgehead atoms. The van der Waals surface area contributed by atoms with E-state index in [1.54, 1.807) is 4.90 Å². The minimum absolute atomic E-state index is 0.0159. The molecule has 2 aliphatic rings. The van der Waals surface area contributed by atoms with E-state index in [2.05, 4.69) is 17.5 Å². The van der Waals surface area contributed by atoms with Crippen molar-refractivity contribution >= 4 is 6.03 Å². The molecule has 2 amide bonds. The van der Waals surface area contributed by atoms with Crippen LogP contribution in [0.5, 0.6) is 0 Å². The van der Waals surface area contributed by atoms with Crippen LogP contribution in [0.1, 0.15) is 32.1 Å². The van der Waals surface area contributed by atoms with Gasteiger partial charge in [-0.15, -0.1) is 0 Å². The zero-order valence-corrected chi connectivity index (χ0v) is 10.4. The van der Waals surface area contributed by atoms with Crippen molar-refractivity contribution in [3.05, 3.63) is 12.2 Å². The summed E-state index contributed by atoms with van der Waals surface area (Å²) in [5, 5.41) is 12.7. The fraction of sp³-hybridized carbons (Fsp3) is 0.769. The Kier molecular flexibility index (Phi) is 4.05. The fourth-order valence-corrected chi connectivity index (χ4v) is 2.68. The summed E-state index contributed by atoms with van der Waals surface area (Å²) in [6, 6.07) is 0.247. The molecule has 0 saturated heterocycles. The van der Waals surface area contributed by atoms with Crippen molar-refractivity contribution in [1.82, 2.24) is 10.2 Å². The van der Waals surface area contributed by atoms with Gasteiger partial charge in [0.15, 0.2) is 0 Å². The van der Waals surface area contributed by atoms with E-state index in [9.17, 15) is 9.90 Å². The SMILES string of the molecule is CN(CC1CCCC1O)C(=O)NC1CC=CC1. The number of aliphatic hydroxyl groups excluding tert-OH is 1. The Bertz CT molecular complexity index is 296. The second-order valence-electron chi connectivity index (χ2n) is 5.23. The summed E-state index contributed by atoms with van der Waals surface area (Å²) in [5.74, 6) is 0.257. The number of hydrogen-bond donors (Lipinski definition) is 2. The van der Waals surface area contributed by atoms with Crippen molar-refractivity contribution in [1.29, 1.82) is 0 Å². The summed E-state index contributed by atoms with van der Waals surface area (Å²) in [6.07, 6.45) is 8.84. The molecule has 0 radical (unpaired) electrons. The largest absolute Gasteiger partial charge is 0.393 e. The molecule has 0 aromatic heterocycles. The van der Waals surface area contributed by atoms with Crippen molar-refractivity contribution < 1.29 is 9.90 Å². The molecule has 0 aromatic rings. The Balaban J connectivity index is 1.74. The number of carbonyl (C=O) groups excluding carboxylic acids is 1. The molecule has 2 aliphatic carbocycles. The molecule has 0 spiro atoms. The highest BCUT2D eigenvalue weighted by atomic mass is 16.3. The minimum atomic E-state index is -0.224. The molecular formula is C13H22N2O2. The van der Waals surface area contributed by atoms with Gasteiger partial charge in [-0.2, -0.15) is 0 Å². The lowest BCUT2D eigenvalue weighted by molar-refractivity contribution is 0.113. The van der Waals surface area contributed by atoms with Gasteiger partial charge in [-0.05, 0) is 25.7 Å². The number of nitrogens with zero attached hydrogens (tertiary/aromatic N) is 1. The second kappa shape index (κ2) is 5.54. The lowest BCUT2D eigenvalue weighted by atomic mass is 10.1. The van der Waals surface area contributed by atoms with E-state index in [4.69, 9.17) is 0 Å². The van der Waals surface area contributed by atoms with Gasteiger partial charge in [0.25, 0.3) is 0 Å². The molecule has 2 N–H and O–H groups in total. The Morgan fingerprint density at radius 1 is 1.41 bits per heavy atom. The highest BCUT2D eigenvalue weighted by Gasteiger charge is 2.27. The molecule has 4 nitrogen and oxygen atoms in total. The van der Waals surface area contributed by atoms with E-state index in [1.807, 2.05) is 7.05 Å². The van der Waals surface area contributed by atoms with Gasteiger partial charge in [-0.3, -0.25) is 0 Å². The molecular weight excluding hydrogens is 216 g/mol. The maximum atomic E-state index is 11.9. The molecule has 96 valence electrons. The van der Waals surface area contributed by atoms with Crippen LogP contribution in [0.3, 0.4) is 0 Å². The predicted molar refractivity (Wildman–Crippen MR) is 66.7 cm³/mol. The number of hydrogen-bond acceptors (Lipinski definition) is 2. The first-order chi connectivity index (χ1) is 8.16. The summed E-state index contributed by atoms with van der Waals surface area (Å²) in [7, 11) is 1.81. The first-order valence-electron chi connectivity index (χ1n) is 6.51. The molecule has 17 heavy (non-hydrogen) atoms. The first kappa shape index (κ1) is 12.4. The third kappa shape index (κ3) is 3.22. The van der Waals surface area contributed by atoms with Crippen molar-refractivity contribution in [2.24, 2.45) is 5.92 Å². The van der Waals surface area contributed by atoms with Crippen LogP contribution in [0, 0.1) is 5.92 Å². The standard InChI is InChI=1S/C13H22N2O2/c1-15(9-10-5-4-8-12(10)16)13(17)14-11-6-2-3-7-11/h2-3,10-12,16H,4-9H2,1H3,(H,14,17). The maximum absolute atomic E-state index is 11.9. The number of urea groups is 1. The van der Waals surface area contributed by atoms with Crippen LogP contribution < -0.4 is 5.32 Å². The Morgan fingerprint density at radius 3 is 2.71 bits per heavy atom. The fourth-order valence-electron chi connectivity index (χ4n) is 2.68. The molecule has 2 unspecified atom stereocenters. The highest BCUT2D eigenvalue weighted by Crippen LogP contribution is 2.26. The summed E-state index contributed by atoms with van der Waals surface area (Å²) in [4.78, 5) is 13.6. The van der Waals surface area contributed by atoms with Gasteiger partial charge in [0, 0.05) is 25.6 Å². The topological polar surface area (TPSA) is 52.6 Å². The predicted octanol–water partition coefficient (Wildman–Crippen LogP) is 1.51. The van der Waals surface area contributed by atoms with E-state index in [-0.39, 0.29) is 24.1 Å². The molecule has 1 saturated carbocycles. The highest BCUT2D eigenvalue weighted by molar-refractivity contribution is 5.74. The van der Waals surface area contributed by atoms with E-state index in [0.29, 0.717) is 6.54 Å². The third-order valence-electron chi connectivity index (χ3n) is 3.81. The summed E-state index contributed by atoms with van der Waals surface area (Å²) in [6.45, 7) is 0.660. The smallest absolute Gasteiger partial charge is 0.317 e. The zero-order chi connectivity index (χ0) is 12.3. The van der Waals surface area contributed by atoms with E-state index < -0.39 is 0 Å². The van der Waals surface area contributed by atoms with Gasteiger partial charge >= 0.3 is 6.03 Å². The lowest BCUT2D eigenvalue weighted by Gasteiger charge is -2.25. The zero-order valence-electron chi connectivity index (χ0n) is 10.4. The molecule has 2 atom stereocenters. The third-order valence-corrected chi connectivity index (χ3v) is 3.81. The van der Waals surface area contributed by atoms with Gasteiger partial charge in [0.1, 0.15) is 0 Å². The summed E-state index contributed by atoms with van der Waals surface area (Å²) < 4.78 is 0. The van der Waals surface area contributed by atoms with Crippen molar-refractivity contribution in [3.8, 4) is 0 Å². The lowest BCUT2D eigenvalue weighted by Crippen LogP contribution is -2.44. The number of aliphatic hydroxyl groups is 1. The van der Waals surface area contributed by atoms with Gasteiger partial charge in [-0.1, -0.05) is 18.6 Å². The van der Waals surface area contributed by atoms with E-state index in [0.717, 1.165) is 32.1 Å². The van der Waals surface area contributed by atoms with E-state index in [1.165, 1.54) is 0 Å². The average molecular weight is 238 g/mol. The normalized spacial score (nSPS) is 28.6. The number of amides is 2. The quantitative estimate of drug-likeness (QED) is 0.732. The molecule has 0 aromatic carbocycles. The van der Waals surface area contributed by atoms with Crippen molar-refractivity contribution in [3.63, 3.8) is 0 Å².